The van der Waals surface area contributed by atoms with Crippen LogP contribution in [0.15, 0.2) is 28.6 Å². The summed E-state index contributed by atoms with van der Waals surface area (Å²) in [6.07, 6.45) is 0. The lowest BCUT2D eigenvalue weighted by atomic mass is 10.3. The summed E-state index contributed by atoms with van der Waals surface area (Å²) >= 11 is 2.72. The Morgan fingerprint density at radius 1 is 1.33 bits per heavy atom. The number of benzene rings is 1. The van der Waals surface area contributed by atoms with Gasteiger partial charge >= 0.3 is 6.55 Å². The average molecular weight is 327 g/mol. The standard InChI is InChI=1S/C12H11F2N5S2/c1-15-11-17-18-12(21-11)20-6-9-16-7-4-2-3-5-8(7)19(9)10(13)14/h2-5,10H,6H2,1H3,(H,15,17). The third kappa shape index (κ3) is 2.84. The van der Waals surface area contributed by atoms with Crippen LogP contribution in [0.5, 0.6) is 0 Å². The Bertz CT molecular complexity index is 755. The number of hydrogen-bond donors (Lipinski definition) is 1. The first-order valence-corrected chi connectivity index (χ1v) is 7.87. The van der Waals surface area contributed by atoms with Crippen LogP contribution in [-0.2, 0) is 5.75 Å². The van der Waals surface area contributed by atoms with Crippen molar-refractivity contribution in [3.63, 3.8) is 0 Å². The molecule has 0 radical (unpaired) electrons. The summed E-state index contributed by atoms with van der Waals surface area (Å²) in [5.41, 5.74) is 1.01. The van der Waals surface area contributed by atoms with E-state index in [4.69, 9.17) is 0 Å². The molecule has 2 heterocycles. The van der Waals surface area contributed by atoms with Gasteiger partial charge in [-0.15, -0.1) is 10.2 Å². The maximum Gasteiger partial charge on any atom is 0.320 e. The second kappa shape index (κ2) is 5.94. The van der Waals surface area contributed by atoms with E-state index in [-0.39, 0.29) is 0 Å². The Labute approximate surface area is 127 Å². The Hall–Kier alpha value is -1.74. The fourth-order valence-corrected chi connectivity index (χ4v) is 3.54. The maximum absolute atomic E-state index is 13.3. The third-order valence-corrected chi connectivity index (χ3v) is 4.88. The summed E-state index contributed by atoms with van der Waals surface area (Å²) in [5, 5.41) is 11.5. The zero-order valence-corrected chi connectivity index (χ0v) is 12.6. The highest BCUT2D eigenvalue weighted by Gasteiger charge is 2.18. The minimum atomic E-state index is -2.62. The van der Waals surface area contributed by atoms with Crippen LogP contribution in [0.1, 0.15) is 12.4 Å². The predicted molar refractivity (Wildman–Crippen MR) is 80.0 cm³/mol. The molecule has 110 valence electrons. The molecular formula is C12H11F2N5S2. The molecule has 0 fully saturated rings. The molecule has 0 amide bonds. The number of hydrogen-bond acceptors (Lipinski definition) is 6. The van der Waals surface area contributed by atoms with Crippen molar-refractivity contribution in [3.8, 4) is 0 Å². The van der Waals surface area contributed by atoms with Gasteiger partial charge in [0.15, 0.2) is 4.34 Å². The van der Waals surface area contributed by atoms with Crippen molar-refractivity contribution in [1.29, 1.82) is 0 Å². The van der Waals surface area contributed by atoms with Gasteiger partial charge in [0, 0.05) is 7.05 Å². The first-order valence-electron chi connectivity index (χ1n) is 6.07. The van der Waals surface area contributed by atoms with E-state index in [0.717, 1.165) is 4.57 Å². The van der Waals surface area contributed by atoms with E-state index in [1.165, 1.54) is 23.1 Å². The molecule has 1 N–H and O–H groups in total. The first-order chi connectivity index (χ1) is 10.2. The van der Waals surface area contributed by atoms with E-state index in [2.05, 4.69) is 20.5 Å². The Balaban J connectivity index is 1.87. The molecule has 0 saturated carbocycles. The van der Waals surface area contributed by atoms with Crippen molar-refractivity contribution >= 4 is 39.3 Å². The van der Waals surface area contributed by atoms with Crippen LogP contribution in [0.25, 0.3) is 11.0 Å². The molecule has 3 rings (SSSR count). The molecule has 5 nitrogen and oxygen atoms in total. The van der Waals surface area contributed by atoms with Gasteiger partial charge in [0.2, 0.25) is 5.13 Å². The van der Waals surface area contributed by atoms with Gasteiger partial charge in [-0.3, -0.25) is 4.57 Å². The molecule has 0 aliphatic carbocycles. The molecule has 0 bridgehead atoms. The number of halogens is 2. The monoisotopic (exact) mass is 327 g/mol. The van der Waals surface area contributed by atoms with Crippen LogP contribution in [0.2, 0.25) is 0 Å². The number of thioether (sulfide) groups is 1. The quantitative estimate of drug-likeness (QED) is 0.725. The summed E-state index contributed by atoms with van der Waals surface area (Å²) in [5.74, 6) is 0.648. The number of nitrogens with one attached hydrogen (secondary N) is 1. The third-order valence-electron chi connectivity index (χ3n) is 2.81. The molecule has 0 saturated heterocycles. The van der Waals surface area contributed by atoms with Crippen molar-refractivity contribution in [2.24, 2.45) is 0 Å². The highest BCUT2D eigenvalue weighted by atomic mass is 32.2. The molecule has 0 unspecified atom stereocenters. The fourth-order valence-electron chi connectivity index (χ4n) is 1.91. The molecule has 9 heteroatoms. The summed E-state index contributed by atoms with van der Waals surface area (Å²) in [6, 6.07) is 6.88. The Morgan fingerprint density at radius 2 is 2.14 bits per heavy atom. The van der Waals surface area contributed by atoms with Gasteiger partial charge < -0.3 is 5.32 Å². The lowest BCUT2D eigenvalue weighted by molar-refractivity contribution is 0.0722. The van der Waals surface area contributed by atoms with Gasteiger partial charge in [0.1, 0.15) is 5.82 Å². The largest absolute Gasteiger partial charge is 0.363 e. The number of para-hydroxylation sites is 2. The van der Waals surface area contributed by atoms with Gasteiger partial charge in [-0.05, 0) is 12.1 Å². The second-order valence-corrected chi connectivity index (χ2v) is 6.28. The fraction of sp³-hybridized carbons (Fsp3) is 0.250. The van der Waals surface area contributed by atoms with E-state index in [1.807, 2.05) is 0 Å². The topological polar surface area (TPSA) is 55.6 Å². The van der Waals surface area contributed by atoms with E-state index in [0.29, 0.717) is 32.1 Å². The lowest BCUT2D eigenvalue weighted by Gasteiger charge is -2.06. The number of imidazole rings is 1. The molecule has 2 aromatic heterocycles. The van der Waals surface area contributed by atoms with E-state index >= 15 is 0 Å². The molecule has 0 spiro atoms. The van der Waals surface area contributed by atoms with Crippen molar-refractivity contribution in [1.82, 2.24) is 19.7 Å². The van der Waals surface area contributed by atoms with Gasteiger partial charge in [0.05, 0.1) is 16.8 Å². The molecule has 0 aliphatic heterocycles. The summed E-state index contributed by atoms with van der Waals surface area (Å²) in [7, 11) is 1.76. The maximum atomic E-state index is 13.3. The number of anilines is 1. The van der Waals surface area contributed by atoms with E-state index in [1.54, 1.807) is 31.3 Å². The second-order valence-electron chi connectivity index (χ2n) is 4.08. The summed E-state index contributed by atoms with van der Waals surface area (Å²) in [6.45, 7) is -2.62. The Morgan fingerprint density at radius 3 is 2.86 bits per heavy atom. The normalized spacial score (nSPS) is 11.4. The lowest BCUT2D eigenvalue weighted by Crippen LogP contribution is -2.03. The minimum Gasteiger partial charge on any atom is -0.363 e. The molecule has 3 aromatic rings. The van der Waals surface area contributed by atoms with Gasteiger partial charge in [-0.25, -0.2) is 4.98 Å². The number of aromatic nitrogens is 4. The highest BCUT2D eigenvalue weighted by Crippen LogP contribution is 2.30. The van der Waals surface area contributed by atoms with Crippen LogP contribution in [0.3, 0.4) is 0 Å². The van der Waals surface area contributed by atoms with E-state index < -0.39 is 6.55 Å². The first kappa shape index (κ1) is 14.2. The van der Waals surface area contributed by atoms with Crippen LogP contribution in [0.4, 0.5) is 13.9 Å². The van der Waals surface area contributed by atoms with Crippen molar-refractivity contribution < 1.29 is 8.78 Å². The van der Waals surface area contributed by atoms with E-state index in [9.17, 15) is 8.78 Å². The highest BCUT2D eigenvalue weighted by molar-refractivity contribution is 8.00. The summed E-state index contributed by atoms with van der Waals surface area (Å²) in [4.78, 5) is 4.28. The van der Waals surface area contributed by atoms with Crippen LogP contribution in [0, 0.1) is 0 Å². The molecule has 21 heavy (non-hydrogen) atoms. The number of rotatable bonds is 5. The number of nitrogens with zero attached hydrogens (tertiary/aromatic N) is 4. The van der Waals surface area contributed by atoms with Crippen LogP contribution < -0.4 is 5.32 Å². The van der Waals surface area contributed by atoms with Gasteiger partial charge in [-0.1, -0.05) is 35.2 Å². The average Bonchev–Trinajstić information content (AvgIpc) is 3.08. The Kier molecular flexibility index (Phi) is 4.02. The summed E-state index contributed by atoms with van der Waals surface area (Å²) < 4.78 is 28.2. The SMILES string of the molecule is CNc1nnc(SCc2nc3ccccc3n2C(F)F)s1. The molecule has 1 aromatic carbocycles. The van der Waals surface area contributed by atoms with Crippen molar-refractivity contribution in [2.45, 2.75) is 16.6 Å². The number of alkyl halides is 2. The predicted octanol–water partition coefficient (Wildman–Crippen LogP) is 3.62. The van der Waals surface area contributed by atoms with Crippen molar-refractivity contribution in [3.05, 3.63) is 30.1 Å². The smallest absolute Gasteiger partial charge is 0.320 e. The van der Waals surface area contributed by atoms with Crippen LogP contribution in [-0.4, -0.2) is 26.8 Å². The van der Waals surface area contributed by atoms with Crippen LogP contribution >= 0.6 is 23.1 Å². The number of fused-ring (bicyclic) bond motifs is 1. The zero-order chi connectivity index (χ0) is 14.8. The molecule has 0 aliphatic rings. The van der Waals surface area contributed by atoms with Crippen molar-refractivity contribution in [2.75, 3.05) is 12.4 Å². The van der Waals surface area contributed by atoms with Gasteiger partial charge in [-0.2, -0.15) is 8.78 Å². The minimum absolute atomic E-state index is 0.317. The molecule has 0 atom stereocenters. The van der Waals surface area contributed by atoms with Gasteiger partial charge in [0.25, 0.3) is 0 Å². The molecular weight excluding hydrogens is 316 g/mol. The zero-order valence-electron chi connectivity index (χ0n) is 11.0.